The predicted molar refractivity (Wildman–Crippen MR) is 74.9 cm³/mol. The van der Waals surface area contributed by atoms with E-state index in [1.807, 2.05) is 0 Å². The van der Waals surface area contributed by atoms with Gasteiger partial charge in [0.2, 0.25) is 5.91 Å². The molecule has 1 aromatic rings. The summed E-state index contributed by atoms with van der Waals surface area (Å²) in [7, 11) is 0. The van der Waals surface area contributed by atoms with Gasteiger partial charge in [-0.2, -0.15) is 11.3 Å². The third-order valence-electron chi connectivity index (χ3n) is 3.11. The molecule has 0 radical (unpaired) electrons. The molecule has 5 heteroatoms. The molecule has 0 aromatic carbocycles. The van der Waals surface area contributed by atoms with Crippen LogP contribution in [0.4, 0.5) is 0 Å². The van der Waals surface area contributed by atoms with Crippen molar-refractivity contribution in [2.45, 2.75) is 19.4 Å². The predicted octanol–water partition coefficient (Wildman–Crippen LogP) is 0.700. The minimum absolute atomic E-state index is 0.139. The molecule has 0 bridgehead atoms. The third-order valence-corrected chi connectivity index (χ3v) is 3.84. The lowest BCUT2D eigenvalue weighted by atomic mass is 10.1. The molecule has 2 N–H and O–H groups in total. The van der Waals surface area contributed by atoms with Gasteiger partial charge in [-0.3, -0.25) is 9.69 Å². The number of hydrogen-bond donors (Lipinski definition) is 2. The minimum Gasteiger partial charge on any atom is -0.352 e. The van der Waals surface area contributed by atoms with E-state index in [1.165, 1.54) is 5.56 Å². The van der Waals surface area contributed by atoms with Gasteiger partial charge in [-0.25, -0.2) is 0 Å². The molecule has 1 aliphatic rings. The summed E-state index contributed by atoms with van der Waals surface area (Å²) in [5, 5.41) is 10.6. The molecule has 1 fully saturated rings. The van der Waals surface area contributed by atoms with Crippen LogP contribution in [0.15, 0.2) is 16.8 Å². The molecule has 1 atom stereocenters. The summed E-state index contributed by atoms with van der Waals surface area (Å²) < 4.78 is 0. The Hall–Kier alpha value is -0.910. The molecule has 100 valence electrons. The Morgan fingerprint density at radius 2 is 2.33 bits per heavy atom. The van der Waals surface area contributed by atoms with Crippen molar-refractivity contribution >= 4 is 17.2 Å². The first-order valence-corrected chi connectivity index (χ1v) is 7.42. The Morgan fingerprint density at radius 3 is 3.00 bits per heavy atom. The number of hydrogen-bond acceptors (Lipinski definition) is 4. The van der Waals surface area contributed by atoms with Gasteiger partial charge in [0.1, 0.15) is 0 Å². The van der Waals surface area contributed by atoms with Crippen molar-refractivity contribution in [3.05, 3.63) is 22.4 Å². The van der Waals surface area contributed by atoms with Crippen LogP contribution in [-0.4, -0.2) is 49.6 Å². The highest BCUT2D eigenvalue weighted by Crippen LogP contribution is 2.08. The average Bonchev–Trinajstić information content (AvgIpc) is 2.82. The van der Waals surface area contributed by atoms with E-state index in [2.05, 4.69) is 39.3 Å². The van der Waals surface area contributed by atoms with Crippen molar-refractivity contribution in [2.24, 2.45) is 0 Å². The van der Waals surface area contributed by atoms with Crippen molar-refractivity contribution in [1.82, 2.24) is 15.5 Å². The first kappa shape index (κ1) is 13.5. The Bertz CT molecular complexity index is 360. The topological polar surface area (TPSA) is 44.4 Å². The molecular weight excluding hydrogens is 246 g/mol. The van der Waals surface area contributed by atoms with Gasteiger partial charge in [0.05, 0.1) is 6.54 Å². The van der Waals surface area contributed by atoms with E-state index >= 15 is 0 Å². The summed E-state index contributed by atoms with van der Waals surface area (Å²) in [6.45, 7) is 6.48. The summed E-state index contributed by atoms with van der Waals surface area (Å²) in [6, 6.07) is 2.32. The molecule has 1 amide bonds. The van der Waals surface area contributed by atoms with Gasteiger partial charge < -0.3 is 10.6 Å². The van der Waals surface area contributed by atoms with Gasteiger partial charge in [-0.05, 0) is 35.7 Å². The summed E-state index contributed by atoms with van der Waals surface area (Å²) in [6.07, 6.45) is 0.913. The van der Waals surface area contributed by atoms with Crippen LogP contribution in [0.5, 0.6) is 0 Å². The highest BCUT2D eigenvalue weighted by atomic mass is 32.1. The fourth-order valence-corrected chi connectivity index (χ4v) is 2.89. The second kappa shape index (κ2) is 6.87. The van der Waals surface area contributed by atoms with E-state index in [0.717, 1.165) is 32.6 Å². The van der Waals surface area contributed by atoms with Crippen LogP contribution in [-0.2, 0) is 11.2 Å². The molecule has 1 aromatic heterocycles. The van der Waals surface area contributed by atoms with Crippen LogP contribution in [0.1, 0.15) is 12.5 Å². The second-order valence-electron chi connectivity index (χ2n) is 4.83. The van der Waals surface area contributed by atoms with Crippen molar-refractivity contribution in [2.75, 3.05) is 32.7 Å². The number of amides is 1. The maximum Gasteiger partial charge on any atom is 0.234 e. The smallest absolute Gasteiger partial charge is 0.234 e. The van der Waals surface area contributed by atoms with Crippen LogP contribution < -0.4 is 10.6 Å². The van der Waals surface area contributed by atoms with Gasteiger partial charge in [0.15, 0.2) is 0 Å². The average molecular weight is 267 g/mol. The number of carbonyl (C=O) groups is 1. The van der Waals surface area contributed by atoms with E-state index in [4.69, 9.17) is 0 Å². The van der Waals surface area contributed by atoms with Crippen molar-refractivity contribution in [3.8, 4) is 0 Å². The van der Waals surface area contributed by atoms with Crippen molar-refractivity contribution < 1.29 is 4.79 Å². The highest BCUT2D eigenvalue weighted by Gasteiger charge is 2.15. The molecule has 18 heavy (non-hydrogen) atoms. The zero-order valence-electron chi connectivity index (χ0n) is 10.8. The van der Waals surface area contributed by atoms with Crippen LogP contribution in [0.3, 0.4) is 0 Å². The normalized spacial score (nSPS) is 18.5. The zero-order chi connectivity index (χ0) is 12.8. The standard InChI is InChI=1S/C13H21N3OS/c1-11(8-12-2-7-18-10-12)15-13(17)9-16-5-3-14-4-6-16/h2,7,10-11,14H,3-6,8-9H2,1H3,(H,15,17). The summed E-state index contributed by atoms with van der Waals surface area (Å²) in [5.41, 5.74) is 1.30. The lowest BCUT2D eigenvalue weighted by Gasteiger charge is -2.27. The third kappa shape index (κ3) is 4.40. The fraction of sp³-hybridized carbons (Fsp3) is 0.615. The highest BCUT2D eigenvalue weighted by molar-refractivity contribution is 7.07. The Labute approximate surface area is 112 Å². The number of piperazine rings is 1. The van der Waals surface area contributed by atoms with Gasteiger partial charge in [-0.1, -0.05) is 0 Å². The van der Waals surface area contributed by atoms with Crippen molar-refractivity contribution in [3.63, 3.8) is 0 Å². The summed E-state index contributed by atoms with van der Waals surface area (Å²) in [5.74, 6) is 0.139. The van der Waals surface area contributed by atoms with Gasteiger partial charge >= 0.3 is 0 Å². The number of nitrogens with one attached hydrogen (secondary N) is 2. The Balaban J connectivity index is 1.69. The van der Waals surface area contributed by atoms with Gasteiger partial charge in [0, 0.05) is 32.2 Å². The summed E-state index contributed by atoms with van der Waals surface area (Å²) >= 11 is 1.70. The van der Waals surface area contributed by atoms with E-state index < -0.39 is 0 Å². The van der Waals surface area contributed by atoms with Gasteiger partial charge in [-0.15, -0.1) is 0 Å². The first-order valence-electron chi connectivity index (χ1n) is 6.47. The van der Waals surface area contributed by atoms with E-state index in [1.54, 1.807) is 11.3 Å². The SMILES string of the molecule is CC(Cc1ccsc1)NC(=O)CN1CCNCC1. The Kier molecular flexibility index (Phi) is 5.16. The first-order chi connectivity index (χ1) is 8.74. The molecule has 1 unspecified atom stereocenters. The molecule has 0 saturated carbocycles. The van der Waals surface area contributed by atoms with Crippen molar-refractivity contribution in [1.29, 1.82) is 0 Å². The molecular formula is C13H21N3OS. The largest absolute Gasteiger partial charge is 0.352 e. The molecule has 0 aliphatic carbocycles. The molecule has 2 rings (SSSR count). The maximum atomic E-state index is 11.9. The molecule has 2 heterocycles. The molecule has 0 spiro atoms. The van der Waals surface area contributed by atoms with E-state index in [0.29, 0.717) is 6.54 Å². The lowest BCUT2D eigenvalue weighted by molar-refractivity contribution is -0.122. The molecule has 1 saturated heterocycles. The van der Waals surface area contributed by atoms with E-state index in [-0.39, 0.29) is 11.9 Å². The van der Waals surface area contributed by atoms with Crippen LogP contribution >= 0.6 is 11.3 Å². The number of rotatable bonds is 5. The quantitative estimate of drug-likeness (QED) is 0.825. The minimum atomic E-state index is 0.139. The fourth-order valence-electron chi connectivity index (χ4n) is 2.21. The van der Waals surface area contributed by atoms with Crippen LogP contribution in [0, 0.1) is 0 Å². The lowest BCUT2D eigenvalue weighted by Crippen LogP contribution is -2.48. The number of thiophene rings is 1. The molecule has 4 nitrogen and oxygen atoms in total. The number of nitrogens with zero attached hydrogens (tertiary/aromatic N) is 1. The van der Waals surface area contributed by atoms with Gasteiger partial charge in [0.25, 0.3) is 0 Å². The Morgan fingerprint density at radius 1 is 1.56 bits per heavy atom. The second-order valence-corrected chi connectivity index (χ2v) is 5.61. The number of carbonyl (C=O) groups excluding carboxylic acids is 1. The summed E-state index contributed by atoms with van der Waals surface area (Å²) in [4.78, 5) is 14.1. The maximum absolute atomic E-state index is 11.9. The van der Waals surface area contributed by atoms with Crippen LogP contribution in [0.25, 0.3) is 0 Å². The zero-order valence-corrected chi connectivity index (χ0v) is 11.6. The molecule has 1 aliphatic heterocycles. The van der Waals surface area contributed by atoms with Crippen LogP contribution in [0.2, 0.25) is 0 Å². The monoisotopic (exact) mass is 267 g/mol. The van der Waals surface area contributed by atoms with E-state index in [9.17, 15) is 4.79 Å².